The lowest BCUT2D eigenvalue weighted by Gasteiger charge is -2.16. The van der Waals surface area contributed by atoms with Gasteiger partial charge in [0.05, 0.1) is 6.61 Å². The van der Waals surface area contributed by atoms with Gasteiger partial charge in [-0.1, -0.05) is 35.9 Å². The zero-order chi connectivity index (χ0) is 28.1. The first-order valence-electron chi connectivity index (χ1n) is 11.0. The number of hydrogen-bond acceptors (Lipinski definition) is 7. The lowest BCUT2D eigenvalue weighted by Crippen LogP contribution is -2.21. The van der Waals surface area contributed by atoms with E-state index < -0.39 is 45.4 Å². The first kappa shape index (κ1) is 29.0. The third-order valence-corrected chi connectivity index (χ3v) is 7.02. The standard InChI is InChI=1S/C25H22ClF3N2O6S/c1-2-36-20-14-18(31-24(33)23(32)16-6-8-17(26)9-7-16)10-11-21(20)38(34,35)22(30)13-15-4-3-5-19(12-15)37-25(27,28)29/h3-12,14,23,30,32H,2,13H2,1H3,(H,31,33). The zero-order valence-electron chi connectivity index (χ0n) is 19.8. The van der Waals surface area contributed by atoms with Crippen LogP contribution in [-0.4, -0.2) is 37.4 Å². The molecule has 1 amide bonds. The van der Waals surface area contributed by atoms with Crippen LogP contribution in [0.25, 0.3) is 0 Å². The van der Waals surface area contributed by atoms with Gasteiger partial charge in [0, 0.05) is 23.2 Å². The number of carbonyl (C=O) groups excluding carboxylic acids is 1. The Balaban J connectivity index is 1.81. The Morgan fingerprint density at radius 3 is 2.42 bits per heavy atom. The Kier molecular flexibility index (Phi) is 9.02. The van der Waals surface area contributed by atoms with E-state index in [2.05, 4.69) is 10.1 Å². The van der Waals surface area contributed by atoms with Crippen molar-refractivity contribution >= 4 is 38.1 Å². The second-order valence-electron chi connectivity index (χ2n) is 7.84. The van der Waals surface area contributed by atoms with Gasteiger partial charge in [-0.15, -0.1) is 13.2 Å². The predicted octanol–water partition coefficient (Wildman–Crippen LogP) is 5.30. The van der Waals surface area contributed by atoms with Gasteiger partial charge in [-0.3, -0.25) is 10.2 Å². The maximum atomic E-state index is 13.1. The highest BCUT2D eigenvalue weighted by Crippen LogP contribution is 2.31. The number of aliphatic hydroxyl groups excluding tert-OH is 1. The Morgan fingerprint density at radius 2 is 1.79 bits per heavy atom. The van der Waals surface area contributed by atoms with Crippen molar-refractivity contribution in [2.45, 2.75) is 30.7 Å². The van der Waals surface area contributed by atoms with Crippen LogP contribution < -0.4 is 14.8 Å². The second kappa shape index (κ2) is 11.8. The average molecular weight is 571 g/mol. The fourth-order valence-corrected chi connectivity index (χ4v) is 4.73. The Hall–Kier alpha value is -3.61. The maximum Gasteiger partial charge on any atom is 0.573 e. The van der Waals surface area contributed by atoms with Crippen LogP contribution in [0, 0.1) is 5.41 Å². The molecule has 3 rings (SSSR count). The molecule has 0 aromatic heterocycles. The van der Waals surface area contributed by atoms with Crippen LogP contribution in [0.3, 0.4) is 0 Å². The van der Waals surface area contributed by atoms with Crippen molar-refractivity contribution in [3.63, 3.8) is 0 Å². The molecule has 38 heavy (non-hydrogen) atoms. The van der Waals surface area contributed by atoms with Crippen LogP contribution in [-0.2, 0) is 21.1 Å². The van der Waals surface area contributed by atoms with E-state index in [9.17, 15) is 31.5 Å². The van der Waals surface area contributed by atoms with E-state index in [0.717, 1.165) is 18.2 Å². The molecule has 0 aliphatic rings. The molecule has 13 heteroatoms. The first-order chi connectivity index (χ1) is 17.8. The number of amides is 1. The summed E-state index contributed by atoms with van der Waals surface area (Å²) in [6.07, 6.45) is -6.96. The quantitative estimate of drug-likeness (QED) is 0.237. The average Bonchev–Trinajstić information content (AvgIpc) is 2.83. The molecule has 0 saturated heterocycles. The summed E-state index contributed by atoms with van der Waals surface area (Å²) < 4.78 is 73.1. The topological polar surface area (TPSA) is 126 Å². The molecule has 8 nitrogen and oxygen atoms in total. The normalized spacial score (nSPS) is 12.5. The number of aliphatic hydroxyl groups is 1. The fourth-order valence-electron chi connectivity index (χ4n) is 3.35. The number of nitrogens with one attached hydrogen (secondary N) is 2. The lowest BCUT2D eigenvalue weighted by molar-refractivity contribution is -0.274. The van der Waals surface area contributed by atoms with Gasteiger partial charge in [0.2, 0.25) is 9.84 Å². The summed E-state index contributed by atoms with van der Waals surface area (Å²) in [6, 6.07) is 14.2. The Morgan fingerprint density at radius 1 is 1.11 bits per heavy atom. The minimum Gasteiger partial charge on any atom is -0.492 e. The number of ether oxygens (including phenoxy) is 2. The summed E-state index contributed by atoms with van der Waals surface area (Å²) in [5, 5.41) is 20.6. The summed E-state index contributed by atoms with van der Waals surface area (Å²) in [4.78, 5) is 12.1. The van der Waals surface area contributed by atoms with E-state index in [1.807, 2.05) is 0 Å². The molecule has 0 radical (unpaired) electrons. The summed E-state index contributed by atoms with van der Waals surface area (Å²) >= 11 is 5.82. The van der Waals surface area contributed by atoms with Gasteiger partial charge in [-0.25, -0.2) is 8.42 Å². The number of sulfone groups is 1. The van der Waals surface area contributed by atoms with Gasteiger partial charge < -0.3 is 19.9 Å². The fraction of sp³-hybridized carbons (Fsp3) is 0.200. The molecule has 3 aromatic carbocycles. The van der Waals surface area contributed by atoms with Crippen molar-refractivity contribution in [1.29, 1.82) is 5.41 Å². The number of anilines is 1. The molecule has 0 fully saturated rings. The summed E-state index contributed by atoms with van der Waals surface area (Å²) in [6.45, 7) is 1.65. The monoisotopic (exact) mass is 570 g/mol. The van der Waals surface area contributed by atoms with Gasteiger partial charge in [0.1, 0.15) is 21.4 Å². The second-order valence-corrected chi connectivity index (χ2v) is 10.2. The van der Waals surface area contributed by atoms with Crippen molar-refractivity contribution in [2.75, 3.05) is 11.9 Å². The van der Waals surface area contributed by atoms with Gasteiger partial charge in [-0.05, 0) is 54.4 Å². The van der Waals surface area contributed by atoms with E-state index in [4.69, 9.17) is 21.7 Å². The van der Waals surface area contributed by atoms with Crippen molar-refractivity contribution in [2.24, 2.45) is 0 Å². The third-order valence-electron chi connectivity index (χ3n) is 5.06. The molecule has 0 aliphatic heterocycles. The number of alkyl halides is 3. The largest absolute Gasteiger partial charge is 0.573 e. The molecular weight excluding hydrogens is 549 g/mol. The van der Waals surface area contributed by atoms with Crippen LogP contribution in [0.2, 0.25) is 5.02 Å². The third kappa shape index (κ3) is 7.46. The van der Waals surface area contributed by atoms with Crippen LogP contribution in [0.1, 0.15) is 24.2 Å². The molecule has 0 heterocycles. The van der Waals surface area contributed by atoms with E-state index in [0.29, 0.717) is 5.02 Å². The summed E-state index contributed by atoms with van der Waals surface area (Å²) in [7, 11) is -4.43. The van der Waals surface area contributed by atoms with Gasteiger partial charge in [-0.2, -0.15) is 0 Å². The number of rotatable bonds is 9. The highest BCUT2D eigenvalue weighted by molar-refractivity contribution is 8.06. The molecule has 1 atom stereocenters. The highest BCUT2D eigenvalue weighted by atomic mass is 35.5. The van der Waals surface area contributed by atoms with Crippen LogP contribution in [0.5, 0.6) is 11.5 Å². The highest BCUT2D eigenvalue weighted by Gasteiger charge is 2.31. The Labute approximate surface area is 221 Å². The minimum atomic E-state index is -4.92. The van der Waals surface area contributed by atoms with Crippen LogP contribution in [0.15, 0.2) is 71.6 Å². The van der Waals surface area contributed by atoms with E-state index in [-0.39, 0.29) is 34.1 Å². The molecule has 1 unspecified atom stereocenters. The van der Waals surface area contributed by atoms with Gasteiger partial charge in [0.15, 0.2) is 6.10 Å². The summed E-state index contributed by atoms with van der Waals surface area (Å²) in [5.74, 6) is -1.50. The molecule has 3 aromatic rings. The van der Waals surface area contributed by atoms with Crippen LogP contribution in [0.4, 0.5) is 18.9 Å². The predicted molar refractivity (Wildman–Crippen MR) is 134 cm³/mol. The van der Waals surface area contributed by atoms with Gasteiger partial charge in [0.25, 0.3) is 5.91 Å². The molecule has 202 valence electrons. The smallest absolute Gasteiger partial charge is 0.492 e. The van der Waals surface area contributed by atoms with Crippen molar-refractivity contribution < 1.29 is 41.0 Å². The Bertz CT molecular complexity index is 1430. The number of carbonyl (C=O) groups is 1. The number of benzene rings is 3. The van der Waals surface area contributed by atoms with Gasteiger partial charge >= 0.3 is 6.36 Å². The minimum absolute atomic E-state index is 0.0531. The number of halogens is 4. The molecule has 0 saturated carbocycles. The lowest BCUT2D eigenvalue weighted by atomic mass is 10.1. The molecular formula is C25H22ClF3N2O6S. The molecule has 0 aliphatic carbocycles. The maximum absolute atomic E-state index is 13.1. The molecule has 3 N–H and O–H groups in total. The van der Waals surface area contributed by atoms with Crippen LogP contribution >= 0.6 is 11.6 Å². The summed E-state index contributed by atoms with van der Waals surface area (Å²) in [5.41, 5.74) is 0.515. The van der Waals surface area contributed by atoms with Crippen molar-refractivity contribution in [3.05, 3.63) is 82.9 Å². The zero-order valence-corrected chi connectivity index (χ0v) is 21.3. The number of hydrogen-bond donors (Lipinski definition) is 3. The van der Waals surface area contributed by atoms with Crippen molar-refractivity contribution in [1.82, 2.24) is 0 Å². The van der Waals surface area contributed by atoms with E-state index in [1.54, 1.807) is 6.92 Å². The van der Waals surface area contributed by atoms with E-state index in [1.165, 1.54) is 48.5 Å². The molecule has 0 bridgehead atoms. The molecule has 0 spiro atoms. The first-order valence-corrected chi connectivity index (χ1v) is 12.8. The van der Waals surface area contributed by atoms with E-state index >= 15 is 0 Å². The van der Waals surface area contributed by atoms with Crippen molar-refractivity contribution in [3.8, 4) is 11.5 Å². The SMILES string of the molecule is CCOc1cc(NC(=O)C(O)c2ccc(Cl)cc2)ccc1S(=O)(=O)C(=N)Cc1cccc(OC(F)(F)F)c1.